The molecule has 0 unspecified atom stereocenters. The molecule has 142 valence electrons. The van der Waals surface area contributed by atoms with E-state index >= 15 is 0 Å². The van der Waals surface area contributed by atoms with Crippen molar-refractivity contribution in [3.8, 4) is 0 Å². The summed E-state index contributed by atoms with van der Waals surface area (Å²) in [5.74, 6) is -1.61. The number of aliphatic hydroxyl groups is 1. The number of hydrazone groups is 1. The van der Waals surface area contributed by atoms with Crippen LogP contribution in [-0.2, 0) is 10.5 Å². The molecule has 1 aliphatic carbocycles. The second kappa shape index (κ2) is 7.23. The average molecular weight is 386 g/mol. The van der Waals surface area contributed by atoms with E-state index in [0.717, 1.165) is 5.56 Å². The molecule has 0 aromatic heterocycles. The van der Waals surface area contributed by atoms with E-state index < -0.39 is 23.7 Å². The smallest absolute Gasteiger partial charge is 0.362 e. The van der Waals surface area contributed by atoms with E-state index in [1.54, 1.807) is 0 Å². The molecular weight excluding hydrogens is 365 g/mol. The molecule has 4 nitrogen and oxygen atoms in total. The number of nitrogens with zero attached hydrogens (tertiary/aromatic N) is 2. The van der Waals surface area contributed by atoms with Gasteiger partial charge >= 0.3 is 6.18 Å². The number of fused-ring (bicyclic) bond motifs is 1. The van der Waals surface area contributed by atoms with Gasteiger partial charge in [-0.05, 0) is 30.7 Å². The third kappa shape index (κ3) is 3.49. The Hall–Kier alpha value is -1.54. The number of hydrogen-bond donors (Lipinski definition) is 1. The third-order valence-electron chi connectivity index (χ3n) is 4.96. The van der Waals surface area contributed by atoms with E-state index in [9.17, 15) is 23.1 Å². The van der Waals surface area contributed by atoms with Crippen LogP contribution in [0.25, 0.3) is 0 Å². The molecule has 1 aromatic rings. The van der Waals surface area contributed by atoms with Gasteiger partial charge < -0.3 is 5.11 Å². The van der Waals surface area contributed by atoms with Crippen molar-refractivity contribution in [2.45, 2.75) is 43.8 Å². The quantitative estimate of drug-likeness (QED) is 0.856. The van der Waals surface area contributed by atoms with E-state index in [2.05, 4.69) is 5.10 Å². The molecule has 1 N–H and O–H groups in total. The molecule has 1 aromatic carbocycles. The summed E-state index contributed by atoms with van der Waals surface area (Å²) in [6, 6.07) is 9.35. The molecule has 1 heterocycles. The van der Waals surface area contributed by atoms with Gasteiger partial charge in [-0.25, -0.2) is 0 Å². The number of alkyl halides is 3. The normalized spacial score (nSPS) is 28.7. The fourth-order valence-corrected chi connectivity index (χ4v) is 4.38. The minimum absolute atomic E-state index is 0.0512. The summed E-state index contributed by atoms with van der Waals surface area (Å²) in [5.41, 5.74) is -1.97. The van der Waals surface area contributed by atoms with Crippen LogP contribution in [0.2, 0.25) is 0 Å². The molecule has 0 bridgehead atoms. The molecule has 1 fully saturated rings. The number of thioether (sulfide) groups is 1. The Labute approximate surface area is 154 Å². The van der Waals surface area contributed by atoms with Crippen molar-refractivity contribution in [2.75, 3.05) is 5.75 Å². The molecule has 0 saturated heterocycles. The lowest BCUT2D eigenvalue weighted by Crippen LogP contribution is -2.62. The lowest BCUT2D eigenvalue weighted by Gasteiger charge is -2.39. The van der Waals surface area contributed by atoms with Gasteiger partial charge in [-0.1, -0.05) is 37.3 Å². The summed E-state index contributed by atoms with van der Waals surface area (Å²) in [5, 5.41) is 14.7. The Morgan fingerprint density at radius 2 is 2.08 bits per heavy atom. The number of benzene rings is 1. The molecule has 1 amide bonds. The van der Waals surface area contributed by atoms with Crippen molar-refractivity contribution < 1.29 is 23.1 Å². The molecule has 3 rings (SSSR count). The zero-order valence-electron chi connectivity index (χ0n) is 14.4. The van der Waals surface area contributed by atoms with Crippen LogP contribution in [0, 0.1) is 11.8 Å². The summed E-state index contributed by atoms with van der Waals surface area (Å²) in [4.78, 5) is 12.5. The van der Waals surface area contributed by atoms with Crippen LogP contribution in [0.3, 0.4) is 0 Å². The van der Waals surface area contributed by atoms with E-state index in [0.29, 0.717) is 23.6 Å². The first-order valence-corrected chi connectivity index (χ1v) is 9.70. The topological polar surface area (TPSA) is 52.9 Å². The number of carbonyl (C=O) groups is 1. The number of amides is 1. The lowest BCUT2D eigenvalue weighted by molar-refractivity contribution is -0.317. The minimum Gasteiger partial charge on any atom is -0.362 e. The zero-order chi connectivity index (χ0) is 18.9. The van der Waals surface area contributed by atoms with Gasteiger partial charge in [0.25, 0.3) is 11.6 Å². The van der Waals surface area contributed by atoms with E-state index in [1.807, 2.05) is 37.3 Å². The summed E-state index contributed by atoms with van der Waals surface area (Å²) >= 11 is 1.21. The SMILES string of the molecule is C[C@@H]1CCC2=NN(C(=O)CSCc3ccccc3)[C@](O)(C(F)(F)F)[C@H]2C1. The Kier molecular flexibility index (Phi) is 5.35. The van der Waals surface area contributed by atoms with Crippen LogP contribution in [0.15, 0.2) is 35.4 Å². The van der Waals surface area contributed by atoms with Crippen LogP contribution in [0.1, 0.15) is 31.7 Å². The average Bonchev–Trinajstić information content (AvgIpc) is 2.89. The summed E-state index contributed by atoms with van der Waals surface area (Å²) in [7, 11) is 0. The predicted molar refractivity (Wildman–Crippen MR) is 94.4 cm³/mol. The van der Waals surface area contributed by atoms with Crippen LogP contribution >= 0.6 is 11.8 Å². The van der Waals surface area contributed by atoms with Crippen molar-refractivity contribution >= 4 is 23.4 Å². The van der Waals surface area contributed by atoms with Crippen LogP contribution < -0.4 is 0 Å². The Morgan fingerprint density at radius 3 is 2.73 bits per heavy atom. The third-order valence-corrected chi connectivity index (χ3v) is 5.95. The van der Waals surface area contributed by atoms with Crippen molar-refractivity contribution in [3.63, 3.8) is 0 Å². The highest BCUT2D eigenvalue weighted by atomic mass is 32.2. The van der Waals surface area contributed by atoms with Gasteiger partial charge in [-0.3, -0.25) is 4.79 Å². The predicted octanol–water partition coefficient (Wildman–Crippen LogP) is 3.81. The van der Waals surface area contributed by atoms with Gasteiger partial charge in [0.1, 0.15) is 0 Å². The minimum atomic E-state index is -4.96. The van der Waals surface area contributed by atoms with Gasteiger partial charge in [0.15, 0.2) is 0 Å². The van der Waals surface area contributed by atoms with Gasteiger partial charge in [-0.2, -0.15) is 23.3 Å². The lowest BCUT2D eigenvalue weighted by atomic mass is 9.76. The van der Waals surface area contributed by atoms with Crippen molar-refractivity contribution in [1.29, 1.82) is 0 Å². The maximum atomic E-state index is 13.7. The second-order valence-corrected chi connectivity index (χ2v) is 7.92. The molecule has 0 radical (unpaired) electrons. The first kappa shape index (κ1) is 19.2. The fourth-order valence-electron chi connectivity index (χ4n) is 3.55. The van der Waals surface area contributed by atoms with Crippen LogP contribution in [0.4, 0.5) is 13.2 Å². The monoisotopic (exact) mass is 386 g/mol. The molecule has 1 saturated carbocycles. The summed E-state index contributed by atoms with van der Waals surface area (Å²) in [6.07, 6.45) is -3.69. The second-order valence-electron chi connectivity index (χ2n) is 6.93. The molecule has 3 atom stereocenters. The fraction of sp³-hybridized carbons (Fsp3) is 0.556. The highest BCUT2D eigenvalue weighted by Crippen LogP contribution is 2.49. The number of halogens is 3. The summed E-state index contributed by atoms with van der Waals surface area (Å²) < 4.78 is 41.1. The highest BCUT2D eigenvalue weighted by molar-refractivity contribution is 7.99. The Balaban J connectivity index is 1.74. The molecule has 8 heteroatoms. The molecule has 2 aliphatic rings. The van der Waals surface area contributed by atoms with Crippen molar-refractivity contribution in [1.82, 2.24) is 5.01 Å². The van der Waals surface area contributed by atoms with Gasteiger partial charge in [0.2, 0.25) is 0 Å². The van der Waals surface area contributed by atoms with Gasteiger partial charge in [0.05, 0.1) is 11.7 Å². The number of carbonyl (C=O) groups excluding carboxylic acids is 1. The number of hydrogen-bond acceptors (Lipinski definition) is 4. The van der Waals surface area contributed by atoms with E-state index in [-0.39, 0.29) is 23.8 Å². The summed E-state index contributed by atoms with van der Waals surface area (Å²) in [6.45, 7) is 1.85. The standard InChI is InChI=1S/C18H21F3N2O2S/c1-12-7-8-15-14(9-12)17(25,18(19,20)21)23(22-15)16(24)11-26-10-13-5-3-2-4-6-13/h2-6,12,14,25H,7-11H2,1H3/t12-,14+,17-/m1/s1. The van der Waals surface area contributed by atoms with Gasteiger partial charge in [-0.15, -0.1) is 11.8 Å². The molecule has 0 spiro atoms. The largest absolute Gasteiger partial charge is 0.439 e. The van der Waals surface area contributed by atoms with Crippen molar-refractivity contribution in [2.24, 2.45) is 16.9 Å². The Bertz CT molecular complexity index is 695. The van der Waals surface area contributed by atoms with E-state index in [4.69, 9.17) is 0 Å². The van der Waals surface area contributed by atoms with E-state index in [1.165, 1.54) is 11.8 Å². The maximum absolute atomic E-state index is 13.7. The van der Waals surface area contributed by atoms with Crippen LogP contribution in [0.5, 0.6) is 0 Å². The first-order chi connectivity index (χ1) is 12.2. The van der Waals surface area contributed by atoms with Crippen molar-refractivity contribution in [3.05, 3.63) is 35.9 Å². The Morgan fingerprint density at radius 1 is 1.38 bits per heavy atom. The molecule has 26 heavy (non-hydrogen) atoms. The zero-order valence-corrected chi connectivity index (χ0v) is 15.2. The number of rotatable bonds is 4. The van der Waals surface area contributed by atoms with Crippen LogP contribution in [-0.4, -0.2) is 39.4 Å². The van der Waals surface area contributed by atoms with Gasteiger partial charge in [0, 0.05) is 11.5 Å². The highest BCUT2D eigenvalue weighted by Gasteiger charge is 2.68. The molecule has 1 aliphatic heterocycles. The molecular formula is C18H21F3N2O2S. The maximum Gasteiger partial charge on any atom is 0.439 e. The first-order valence-electron chi connectivity index (χ1n) is 8.54.